The van der Waals surface area contributed by atoms with Crippen LogP contribution >= 0.6 is 33.9 Å². The number of rotatable bonds is 3. The molecule has 1 atom stereocenters. The predicted molar refractivity (Wildman–Crippen MR) is 87.7 cm³/mol. The second-order valence-corrected chi connectivity index (χ2v) is 8.50. The first kappa shape index (κ1) is 18.6. The Morgan fingerprint density at radius 3 is 2.74 bits per heavy atom. The normalized spacial score (nSPS) is 19.3. The zero-order valence-electron chi connectivity index (χ0n) is 11.9. The molecular weight excluding hydrogens is 389 g/mol. The van der Waals surface area contributed by atoms with Crippen molar-refractivity contribution in [2.75, 3.05) is 32.2 Å². The maximum atomic E-state index is 12.0. The van der Waals surface area contributed by atoms with Crippen molar-refractivity contribution in [3.05, 3.63) is 33.8 Å². The van der Waals surface area contributed by atoms with Crippen molar-refractivity contribution in [1.82, 2.24) is 4.90 Å². The van der Waals surface area contributed by atoms with Gasteiger partial charge in [-0.2, -0.15) is 0 Å². The van der Waals surface area contributed by atoms with Crippen LogP contribution in [0.4, 0.5) is 4.79 Å². The maximum absolute atomic E-state index is 12.0. The van der Waals surface area contributed by atoms with Gasteiger partial charge in [0, 0.05) is 29.7 Å². The molecule has 2 rings (SSSR count). The first-order valence-corrected chi connectivity index (χ1v) is 9.86. The molecule has 0 spiro atoms. The van der Waals surface area contributed by atoms with E-state index >= 15 is 0 Å². The molecule has 1 saturated heterocycles. The van der Waals surface area contributed by atoms with Crippen molar-refractivity contribution < 1.29 is 22.7 Å². The van der Waals surface area contributed by atoms with Crippen LogP contribution in [0.15, 0.2) is 18.2 Å². The molecule has 23 heavy (non-hydrogen) atoms. The zero-order valence-corrected chi connectivity index (χ0v) is 15.0. The van der Waals surface area contributed by atoms with Gasteiger partial charge in [0.2, 0.25) is 5.94 Å². The van der Waals surface area contributed by atoms with Crippen LogP contribution in [0, 0.1) is 0 Å². The highest BCUT2D eigenvalue weighted by atomic mass is 35.7. The molecule has 0 radical (unpaired) electrons. The molecule has 1 amide bonds. The number of carbonyl (C=O) groups is 1. The minimum absolute atomic E-state index is 0.132. The molecule has 0 aliphatic carbocycles. The summed E-state index contributed by atoms with van der Waals surface area (Å²) >= 11 is 11.9. The van der Waals surface area contributed by atoms with Crippen molar-refractivity contribution in [3.63, 3.8) is 0 Å². The summed E-state index contributed by atoms with van der Waals surface area (Å²) in [6, 6.07) is 5.20. The third-order valence-corrected chi connectivity index (χ3v) is 4.67. The Hall–Kier alpha value is -0.730. The molecule has 1 heterocycles. The summed E-state index contributed by atoms with van der Waals surface area (Å²) in [4.78, 5) is 13.4. The van der Waals surface area contributed by atoms with Gasteiger partial charge in [0.1, 0.15) is 0 Å². The molecule has 0 aromatic heterocycles. The molecule has 1 aliphatic heterocycles. The second kappa shape index (κ2) is 7.90. The van der Waals surface area contributed by atoms with E-state index in [4.69, 9.17) is 43.4 Å². The monoisotopic (exact) mass is 401 g/mol. The minimum atomic E-state index is -3.90. The fourth-order valence-electron chi connectivity index (χ4n) is 2.16. The summed E-state index contributed by atoms with van der Waals surface area (Å²) in [6.45, 7) is 1.31. The van der Waals surface area contributed by atoms with E-state index in [9.17, 15) is 13.2 Å². The van der Waals surface area contributed by atoms with Crippen LogP contribution in [-0.2, 0) is 18.5 Å². The Morgan fingerprint density at radius 2 is 2.09 bits per heavy atom. The van der Waals surface area contributed by atoms with Crippen LogP contribution in [0.5, 0.6) is 0 Å². The molecule has 0 saturated carbocycles. The number of ether oxygens (including phenoxy) is 2. The van der Waals surface area contributed by atoms with Crippen LogP contribution in [0.3, 0.4) is 0 Å². The van der Waals surface area contributed by atoms with Gasteiger partial charge in [-0.05, 0) is 17.7 Å². The third-order valence-electron chi connectivity index (χ3n) is 3.26. The van der Waals surface area contributed by atoms with E-state index in [-0.39, 0.29) is 5.92 Å². The van der Waals surface area contributed by atoms with Crippen molar-refractivity contribution in [2.45, 2.75) is 5.92 Å². The van der Waals surface area contributed by atoms with E-state index in [2.05, 4.69) is 0 Å². The summed E-state index contributed by atoms with van der Waals surface area (Å²) in [6.07, 6.45) is -0.759. The lowest BCUT2D eigenvalue weighted by molar-refractivity contribution is 0.109. The Kier molecular flexibility index (Phi) is 6.39. The number of benzene rings is 1. The number of amides is 1. The summed E-state index contributed by atoms with van der Waals surface area (Å²) in [5, 5.41) is 0.851. The average Bonchev–Trinajstić information content (AvgIpc) is 2.73. The highest BCUT2D eigenvalue weighted by molar-refractivity contribution is 8.13. The molecule has 6 nitrogen and oxygen atoms in total. The van der Waals surface area contributed by atoms with Gasteiger partial charge in [0.05, 0.1) is 23.3 Å². The van der Waals surface area contributed by atoms with Crippen LogP contribution in [0.25, 0.3) is 0 Å². The van der Waals surface area contributed by atoms with Gasteiger partial charge in [-0.25, -0.2) is 13.2 Å². The fraction of sp³-hybridized carbons (Fsp3) is 0.462. The van der Waals surface area contributed by atoms with Crippen molar-refractivity contribution in [1.29, 1.82) is 0 Å². The van der Waals surface area contributed by atoms with Crippen molar-refractivity contribution >= 4 is 49.0 Å². The topological polar surface area (TPSA) is 72.9 Å². The Morgan fingerprint density at radius 1 is 1.35 bits per heavy atom. The highest BCUT2D eigenvalue weighted by Gasteiger charge is 2.26. The summed E-state index contributed by atoms with van der Waals surface area (Å²) in [7, 11) is 1.13. The standard InChI is InChI=1S/C13H14Cl3NO5S/c14-11-2-1-9(5-12(11)15)10-6-17(3-4-21-7-10)13(18)22-8-23(16,19)20/h1-2,5,10H,3-4,6-8H2. The molecule has 1 unspecified atom stereocenters. The van der Waals surface area contributed by atoms with E-state index in [0.29, 0.717) is 36.3 Å². The van der Waals surface area contributed by atoms with E-state index < -0.39 is 21.1 Å². The van der Waals surface area contributed by atoms with Crippen molar-refractivity contribution in [3.8, 4) is 0 Å². The summed E-state index contributed by atoms with van der Waals surface area (Å²) in [5.74, 6) is -1.00. The SMILES string of the molecule is O=C(OCS(=O)(=O)Cl)N1CCOCC(c2ccc(Cl)c(Cl)c2)C1. The van der Waals surface area contributed by atoms with Crippen LogP contribution in [-0.4, -0.2) is 51.7 Å². The molecule has 1 aromatic rings. The molecule has 10 heteroatoms. The lowest BCUT2D eigenvalue weighted by Crippen LogP contribution is -2.36. The van der Waals surface area contributed by atoms with Crippen molar-refractivity contribution in [2.24, 2.45) is 0 Å². The zero-order chi connectivity index (χ0) is 17.0. The smallest absolute Gasteiger partial charge is 0.410 e. The lowest BCUT2D eigenvalue weighted by Gasteiger charge is -2.23. The first-order valence-electron chi connectivity index (χ1n) is 6.63. The number of hydrogen-bond donors (Lipinski definition) is 0. The van der Waals surface area contributed by atoms with Crippen LogP contribution in [0.1, 0.15) is 11.5 Å². The number of nitrogens with zero attached hydrogens (tertiary/aromatic N) is 1. The van der Waals surface area contributed by atoms with Gasteiger partial charge < -0.3 is 14.4 Å². The quantitative estimate of drug-likeness (QED) is 0.727. The van der Waals surface area contributed by atoms with E-state index in [1.807, 2.05) is 0 Å². The maximum Gasteiger partial charge on any atom is 0.410 e. The molecule has 0 N–H and O–H groups in total. The second-order valence-electron chi connectivity index (χ2n) is 4.96. The molecular formula is C13H14Cl3NO5S. The summed E-state index contributed by atoms with van der Waals surface area (Å²) < 4.78 is 31.9. The molecule has 1 aliphatic rings. The van der Waals surface area contributed by atoms with E-state index in [0.717, 1.165) is 5.56 Å². The molecule has 0 bridgehead atoms. The highest BCUT2D eigenvalue weighted by Crippen LogP contribution is 2.28. The van der Waals surface area contributed by atoms with Gasteiger partial charge in [-0.15, -0.1) is 0 Å². The number of hydrogen-bond acceptors (Lipinski definition) is 5. The summed E-state index contributed by atoms with van der Waals surface area (Å²) in [5.41, 5.74) is 0.865. The van der Waals surface area contributed by atoms with Crippen LogP contribution in [0.2, 0.25) is 10.0 Å². The van der Waals surface area contributed by atoms with Gasteiger partial charge >= 0.3 is 6.09 Å². The largest absolute Gasteiger partial charge is 0.432 e. The minimum Gasteiger partial charge on any atom is -0.432 e. The molecule has 1 fully saturated rings. The first-order chi connectivity index (χ1) is 10.8. The van der Waals surface area contributed by atoms with Crippen LogP contribution < -0.4 is 0 Å². The average molecular weight is 403 g/mol. The number of carbonyl (C=O) groups excluding carboxylic acids is 1. The third kappa shape index (κ3) is 5.69. The Balaban J connectivity index is 2.08. The number of halogens is 3. The van der Waals surface area contributed by atoms with Gasteiger partial charge in [-0.3, -0.25) is 0 Å². The van der Waals surface area contributed by atoms with Gasteiger partial charge in [0.15, 0.2) is 0 Å². The van der Waals surface area contributed by atoms with Gasteiger partial charge in [-0.1, -0.05) is 29.3 Å². The Labute approximate surface area is 148 Å². The molecule has 1 aromatic carbocycles. The Bertz CT molecular complexity index is 682. The fourth-order valence-corrected chi connectivity index (χ4v) is 2.84. The van der Waals surface area contributed by atoms with E-state index in [1.165, 1.54) is 4.90 Å². The predicted octanol–water partition coefficient (Wildman–Crippen LogP) is 3.07. The lowest BCUT2D eigenvalue weighted by atomic mass is 10.00. The van der Waals surface area contributed by atoms with Gasteiger partial charge in [0.25, 0.3) is 9.05 Å². The van der Waals surface area contributed by atoms with E-state index in [1.54, 1.807) is 18.2 Å². The molecule has 128 valence electrons.